The number of rotatable bonds is 6. The van der Waals surface area contributed by atoms with Gasteiger partial charge in [-0.25, -0.2) is 0 Å². The molecule has 20 heavy (non-hydrogen) atoms. The summed E-state index contributed by atoms with van der Waals surface area (Å²) in [6.45, 7) is 8.86. The molecule has 0 saturated carbocycles. The highest BCUT2D eigenvalue weighted by atomic mass is 79.9. The molecule has 1 heterocycles. The molecule has 1 saturated heterocycles. The Morgan fingerprint density at radius 1 is 1.45 bits per heavy atom. The molecular weight excluding hydrogens is 336 g/mol. The summed E-state index contributed by atoms with van der Waals surface area (Å²) in [5.74, 6) is 0.669. The van der Waals surface area contributed by atoms with Crippen LogP contribution in [-0.4, -0.2) is 30.6 Å². The second-order valence-corrected chi connectivity index (χ2v) is 7.44. The van der Waals surface area contributed by atoms with Crippen molar-refractivity contribution in [3.8, 4) is 0 Å². The first-order chi connectivity index (χ1) is 9.54. The molecule has 1 unspecified atom stereocenters. The van der Waals surface area contributed by atoms with E-state index in [2.05, 4.69) is 46.1 Å². The van der Waals surface area contributed by atoms with Gasteiger partial charge in [0.2, 0.25) is 0 Å². The van der Waals surface area contributed by atoms with Gasteiger partial charge < -0.3 is 5.32 Å². The van der Waals surface area contributed by atoms with Gasteiger partial charge in [-0.05, 0) is 49.1 Å². The van der Waals surface area contributed by atoms with Gasteiger partial charge in [-0.3, -0.25) is 4.90 Å². The lowest BCUT2D eigenvalue weighted by molar-refractivity contribution is 0.216. The minimum absolute atomic E-state index is 0.639. The van der Waals surface area contributed by atoms with E-state index in [0.29, 0.717) is 12.0 Å². The van der Waals surface area contributed by atoms with E-state index in [0.717, 1.165) is 35.7 Å². The first-order valence-electron chi connectivity index (χ1n) is 7.44. The molecule has 1 atom stereocenters. The molecule has 2 nitrogen and oxygen atoms in total. The predicted octanol–water partition coefficient (Wildman–Crippen LogP) is 4.31. The lowest BCUT2D eigenvalue weighted by Gasteiger charge is -2.27. The lowest BCUT2D eigenvalue weighted by atomic mass is 10.1. The van der Waals surface area contributed by atoms with Gasteiger partial charge in [-0.15, -0.1) is 0 Å². The second-order valence-electron chi connectivity index (χ2n) is 6.12. The summed E-state index contributed by atoms with van der Waals surface area (Å²) < 4.78 is 1.10. The summed E-state index contributed by atoms with van der Waals surface area (Å²) in [7, 11) is 0. The average molecular weight is 360 g/mol. The van der Waals surface area contributed by atoms with Gasteiger partial charge in [-0.1, -0.05) is 41.4 Å². The van der Waals surface area contributed by atoms with Crippen LogP contribution in [0, 0.1) is 5.92 Å². The molecule has 0 radical (unpaired) electrons. The average Bonchev–Trinajstić information content (AvgIpc) is 2.86. The molecule has 0 spiro atoms. The Balaban J connectivity index is 2.03. The number of nitrogens with one attached hydrogen (secondary N) is 1. The summed E-state index contributed by atoms with van der Waals surface area (Å²) in [5.41, 5.74) is 1.21. The molecular formula is C16H24BrClN2. The number of nitrogens with zero attached hydrogens (tertiary/aromatic N) is 1. The minimum atomic E-state index is 0.639. The summed E-state index contributed by atoms with van der Waals surface area (Å²) in [6, 6.07) is 6.75. The Hall–Kier alpha value is -0.0900. The van der Waals surface area contributed by atoms with Crippen molar-refractivity contribution < 1.29 is 0 Å². The van der Waals surface area contributed by atoms with Crippen molar-refractivity contribution in [1.29, 1.82) is 0 Å². The molecule has 2 rings (SSSR count). The molecule has 1 aromatic rings. The topological polar surface area (TPSA) is 15.3 Å². The third-order valence-corrected chi connectivity index (χ3v) is 4.53. The van der Waals surface area contributed by atoms with Crippen LogP contribution in [0.4, 0.5) is 0 Å². The minimum Gasteiger partial charge on any atom is -0.313 e. The number of benzene rings is 1. The standard InChI is InChI=1S/C16H24BrClN2/c1-12(2)9-20(11-15-4-3-7-19-15)10-13-8-14(17)5-6-16(13)18/h5-6,8,12,15,19H,3-4,7,9-11H2,1-2H3. The number of hydrogen-bond donors (Lipinski definition) is 1. The van der Waals surface area contributed by atoms with E-state index in [4.69, 9.17) is 11.6 Å². The Labute approximate surface area is 136 Å². The second kappa shape index (κ2) is 7.79. The Morgan fingerprint density at radius 3 is 2.90 bits per heavy atom. The van der Waals surface area contributed by atoms with Gasteiger partial charge in [0, 0.05) is 35.2 Å². The Kier molecular flexibility index (Phi) is 6.34. The van der Waals surface area contributed by atoms with E-state index in [9.17, 15) is 0 Å². The number of halogens is 2. The SMILES string of the molecule is CC(C)CN(Cc1cc(Br)ccc1Cl)CC1CCCN1. The Morgan fingerprint density at radius 2 is 2.25 bits per heavy atom. The van der Waals surface area contributed by atoms with Crippen molar-refractivity contribution >= 4 is 27.5 Å². The van der Waals surface area contributed by atoms with Gasteiger partial charge in [-0.2, -0.15) is 0 Å². The summed E-state index contributed by atoms with van der Waals surface area (Å²) in [6.07, 6.45) is 2.60. The fraction of sp³-hybridized carbons (Fsp3) is 0.625. The molecule has 1 aliphatic heterocycles. The van der Waals surface area contributed by atoms with Crippen LogP contribution >= 0.6 is 27.5 Å². The summed E-state index contributed by atoms with van der Waals surface area (Å²) >= 11 is 9.87. The van der Waals surface area contributed by atoms with E-state index in [1.165, 1.54) is 18.4 Å². The first-order valence-corrected chi connectivity index (χ1v) is 8.61. The van der Waals surface area contributed by atoms with Crippen molar-refractivity contribution in [1.82, 2.24) is 10.2 Å². The molecule has 1 aliphatic rings. The van der Waals surface area contributed by atoms with E-state index < -0.39 is 0 Å². The fourth-order valence-corrected chi connectivity index (χ4v) is 3.44. The lowest BCUT2D eigenvalue weighted by Crippen LogP contribution is -2.39. The zero-order chi connectivity index (χ0) is 14.5. The van der Waals surface area contributed by atoms with Gasteiger partial charge in [0.1, 0.15) is 0 Å². The smallest absolute Gasteiger partial charge is 0.0451 e. The van der Waals surface area contributed by atoms with E-state index in [-0.39, 0.29) is 0 Å². The highest BCUT2D eigenvalue weighted by Gasteiger charge is 2.19. The van der Waals surface area contributed by atoms with Crippen LogP contribution in [0.5, 0.6) is 0 Å². The van der Waals surface area contributed by atoms with Crippen molar-refractivity contribution in [2.45, 2.75) is 39.3 Å². The normalized spacial score (nSPS) is 19.2. The highest BCUT2D eigenvalue weighted by Crippen LogP contribution is 2.23. The fourth-order valence-electron chi connectivity index (χ4n) is 2.85. The maximum absolute atomic E-state index is 6.33. The van der Waals surface area contributed by atoms with Crippen LogP contribution < -0.4 is 5.32 Å². The van der Waals surface area contributed by atoms with Crippen molar-refractivity contribution in [3.05, 3.63) is 33.3 Å². The molecule has 0 bridgehead atoms. The highest BCUT2D eigenvalue weighted by molar-refractivity contribution is 9.10. The molecule has 4 heteroatoms. The molecule has 112 valence electrons. The molecule has 1 aromatic carbocycles. The molecule has 0 aromatic heterocycles. The number of hydrogen-bond acceptors (Lipinski definition) is 2. The zero-order valence-electron chi connectivity index (χ0n) is 12.3. The van der Waals surface area contributed by atoms with E-state index in [1.807, 2.05) is 12.1 Å². The maximum atomic E-state index is 6.33. The summed E-state index contributed by atoms with van der Waals surface area (Å²) in [5, 5.41) is 4.45. The Bertz CT molecular complexity index is 430. The quantitative estimate of drug-likeness (QED) is 0.814. The predicted molar refractivity (Wildman–Crippen MR) is 90.3 cm³/mol. The molecule has 0 amide bonds. The van der Waals surface area contributed by atoms with Gasteiger partial charge in [0.25, 0.3) is 0 Å². The third-order valence-electron chi connectivity index (χ3n) is 3.67. The maximum Gasteiger partial charge on any atom is 0.0451 e. The van der Waals surface area contributed by atoms with Crippen molar-refractivity contribution in [2.75, 3.05) is 19.6 Å². The van der Waals surface area contributed by atoms with Crippen LogP contribution in [0.3, 0.4) is 0 Å². The van der Waals surface area contributed by atoms with Crippen LogP contribution in [0.25, 0.3) is 0 Å². The van der Waals surface area contributed by atoms with Gasteiger partial charge in [0.15, 0.2) is 0 Å². The van der Waals surface area contributed by atoms with Crippen LogP contribution in [0.1, 0.15) is 32.3 Å². The molecule has 1 fully saturated rings. The largest absolute Gasteiger partial charge is 0.313 e. The van der Waals surface area contributed by atoms with Crippen molar-refractivity contribution in [2.24, 2.45) is 5.92 Å². The van der Waals surface area contributed by atoms with Crippen LogP contribution in [0.15, 0.2) is 22.7 Å². The summed E-state index contributed by atoms with van der Waals surface area (Å²) in [4.78, 5) is 2.53. The van der Waals surface area contributed by atoms with Gasteiger partial charge in [0.05, 0.1) is 0 Å². The van der Waals surface area contributed by atoms with Crippen LogP contribution in [0.2, 0.25) is 5.02 Å². The van der Waals surface area contributed by atoms with E-state index in [1.54, 1.807) is 0 Å². The van der Waals surface area contributed by atoms with Gasteiger partial charge >= 0.3 is 0 Å². The first kappa shape index (κ1) is 16.3. The third kappa shape index (κ3) is 5.03. The monoisotopic (exact) mass is 358 g/mol. The van der Waals surface area contributed by atoms with E-state index >= 15 is 0 Å². The van der Waals surface area contributed by atoms with Crippen molar-refractivity contribution in [3.63, 3.8) is 0 Å². The zero-order valence-corrected chi connectivity index (χ0v) is 14.7. The molecule has 0 aliphatic carbocycles. The molecule has 1 N–H and O–H groups in total. The van der Waals surface area contributed by atoms with Crippen LogP contribution in [-0.2, 0) is 6.54 Å².